The first kappa shape index (κ1) is 22.9. The van der Waals surface area contributed by atoms with Gasteiger partial charge in [-0.15, -0.1) is 0 Å². The number of amides is 3. The first-order chi connectivity index (χ1) is 17.5. The Kier molecular flexibility index (Phi) is 5.84. The first-order valence-electron chi connectivity index (χ1n) is 12.6. The van der Waals surface area contributed by atoms with Gasteiger partial charge in [0, 0.05) is 56.2 Å². The van der Waals surface area contributed by atoms with E-state index in [9.17, 15) is 18.8 Å². The SMILES string of the molecule is O=C1CCC(N2Cc3cc(CN4CCC(=C5CCOc6cc(F)ccc65)CC4)ccc3C2=O)C(=O)N1. The van der Waals surface area contributed by atoms with Crippen LogP contribution in [0.1, 0.15) is 59.2 Å². The van der Waals surface area contributed by atoms with Crippen LogP contribution in [-0.2, 0) is 22.7 Å². The average Bonchev–Trinajstić information content (AvgIpc) is 3.19. The van der Waals surface area contributed by atoms with Crippen LogP contribution in [0.4, 0.5) is 4.39 Å². The molecular weight excluding hydrogens is 461 g/mol. The summed E-state index contributed by atoms with van der Waals surface area (Å²) in [6.07, 6.45) is 3.42. The third-order valence-electron chi connectivity index (χ3n) is 7.76. The van der Waals surface area contributed by atoms with Gasteiger partial charge in [0.15, 0.2) is 0 Å². The monoisotopic (exact) mass is 489 g/mol. The number of piperidine rings is 2. The van der Waals surface area contributed by atoms with Crippen molar-refractivity contribution in [1.82, 2.24) is 15.1 Å². The van der Waals surface area contributed by atoms with Crippen molar-refractivity contribution >= 4 is 23.3 Å². The van der Waals surface area contributed by atoms with Crippen molar-refractivity contribution in [2.45, 2.75) is 51.2 Å². The highest BCUT2D eigenvalue weighted by Gasteiger charge is 2.39. The van der Waals surface area contributed by atoms with Crippen molar-refractivity contribution in [1.29, 1.82) is 0 Å². The highest BCUT2D eigenvalue weighted by molar-refractivity contribution is 6.05. The zero-order valence-corrected chi connectivity index (χ0v) is 20.0. The summed E-state index contributed by atoms with van der Waals surface area (Å²) >= 11 is 0. The molecule has 0 aromatic heterocycles. The van der Waals surface area contributed by atoms with Gasteiger partial charge in [0.1, 0.15) is 17.6 Å². The van der Waals surface area contributed by atoms with Gasteiger partial charge in [-0.1, -0.05) is 17.7 Å². The Morgan fingerprint density at radius 3 is 2.58 bits per heavy atom. The van der Waals surface area contributed by atoms with E-state index in [0.717, 1.165) is 55.6 Å². The highest BCUT2D eigenvalue weighted by Crippen LogP contribution is 2.38. The number of rotatable bonds is 3. The molecule has 4 aliphatic rings. The molecular formula is C28H28FN3O4. The van der Waals surface area contributed by atoms with E-state index in [-0.39, 0.29) is 30.0 Å². The second-order valence-corrected chi connectivity index (χ2v) is 9.99. The van der Waals surface area contributed by atoms with Crippen LogP contribution < -0.4 is 10.1 Å². The molecule has 2 fully saturated rings. The summed E-state index contributed by atoms with van der Waals surface area (Å²) in [6, 6.07) is 10.2. The van der Waals surface area contributed by atoms with Crippen molar-refractivity contribution in [3.8, 4) is 5.75 Å². The van der Waals surface area contributed by atoms with Gasteiger partial charge < -0.3 is 9.64 Å². The maximum atomic E-state index is 13.6. The lowest BCUT2D eigenvalue weighted by molar-refractivity contribution is -0.136. The molecule has 2 aromatic carbocycles. The standard InChI is InChI=1S/C28H28FN3O4/c29-20-2-4-23-21(9-12-36-25(23)14-20)18-7-10-31(11-8-18)15-17-1-3-22-19(13-17)16-32(28(22)35)24-5-6-26(33)30-27(24)34/h1-4,13-14,24H,5-12,15-16H2,(H,30,33,34). The molecule has 4 aliphatic heterocycles. The van der Waals surface area contributed by atoms with E-state index < -0.39 is 6.04 Å². The van der Waals surface area contributed by atoms with E-state index in [4.69, 9.17) is 4.74 Å². The molecule has 1 N–H and O–H groups in total. The molecule has 0 aliphatic carbocycles. The van der Waals surface area contributed by atoms with Crippen molar-refractivity contribution in [2.24, 2.45) is 0 Å². The number of ether oxygens (including phenoxy) is 1. The van der Waals surface area contributed by atoms with Gasteiger partial charge in [-0.3, -0.25) is 24.6 Å². The number of likely N-dealkylation sites (tertiary alicyclic amines) is 1. The lowest BCUT2D eigenvalue weighted by Crippen LogP contribution is -2.52. The smallest absolute Gasteiger partial charge is 0.255 e. The summed E-state index contributed by atoms with van der Waals surface area (Å²) < 4.78 is 19.3. The molecule has 0 saturated carbocycles. The fraction of sp³-hybridized carbons (Fsp3) is 0.393. The Labute approximate surface area is 208 Å². The molecule has 2 saturated heterocycles. The molecule has 2 aromatic rings. The largest absolute Gasteiger partial charge is 0.493 e. The second kappa shape index (κ2) is 9.17. The van der Waals surface area contributed by atoms with Gasteiger partial charge in [-0.25, -0.2) is 4.39 Å². The van der Waals surface area contributed by atoms with Crippen LogP contribution in [0.25, 0.3) is 5.57 Å². The van der Waals surface area contributed by atoms with Crippen molar-refractivity contribution in [3.05, 3.63) is 70.0 Å². The maximum Gasteiger partial charge on any atom is 0.255 e. The summed E-state index contributed by atoms with van der Waals surface area (Å²) in [7, 11) is 0. The number of fused-ring (bicyclic) bond motifs is 2. The topological polar surface area (TPSA) is 79.0 Å². The molecule has 8 heteroatoms. The van der Waals surface area contributed by atoms with Crippen molar-refractivity contribution < 1.29 is 23.5 Å². The third-order valence-corrected chi connectivity index (χ3v) is 7.76. The van der Waals surface area contributed by atoms with Gasteiger partial charge >= 0.3 is 0 Å². The number of carbonyl (C=O) groups is 3. The van der Waals surface area contributed by atoms with E-state index in [2.05, 4.69) is 16.3 Å². The number of benzene rings is 2. The molecule has 6 rings (SSSR count). The molecule has 1 unspecified atom stereocenters. The minimum absolute atomic E-state index is 0.142. The van der Waals surface area contributed by atoms with Crippen molar-refractivity contribution in [2.75, 3.05) is 19.7 Å². The number of hydrogen-bond acceptors (Lipinski definition) is 5. The van der Waals surface area contributed by atoms with E-state index in [1.165, 1.54) is 23.3 Å². The molecule has 186 valence electrons. The van der Waals surface area contributed by atoms with Gasteiger partial charge in [0.05, 0.1) is 6.61 Å². The van der Waals surface area contributed by atoms with Crippen LogP contribution in [0.5, 0.6) is 5.75 Å². The van der Waals surface area contributed by atoms with Crippen LogP contribution in [-0.4, -0.2) is 53.3 Å². The molecule has 0 spiro atoms. The Bertz CT molecular complexity index is 1290. The Morgan fingerprint density at radius 1 is 0.972 bits per heavy atom. The number of carbonyl (C=O) groups excluding carboxylic acids is 3. The zero-order valence-electron chi connectivity index (χ0n) is 20.0. The van der Waals surface area contributed by atoms with Gasteiger partial charge in [-0.2, -0.15) is 0 Å². The predicted octanol–water partition coefficient (Wildman–Crippen LogP) is 3.42. The number of nitrogens with zero attached hydrogens (tertiary/aromatic N) is 2. The highest BCUT2D eigenvalue weighted by atomic mass is 19.1. The fourth-order valence-corrected chi connectivity index (χ4v) is 5.90. The maximum absolute atomic E-state index is 13.6. The van der Waals surface area contributed by atoms with Crippen LogP contribution >= 0.6 is 0 Å². The van der Waals surface area contributed by atoms with Crippen LogP contribution in [0, 0.1) is 5.82 Å². The summed E-state index contributed by atoms with van der Waals surface area (Å²) in [6.45, 7) is 3.66. The summed E-state index contributed by atoms with van der Waals surface area (Å²) in [4.78, 5) is 40.7. The normalized spacial score (nSPS) is 22.3. The number of halogens is 1. The van der Waals surface area contributed by atoms with Gasteiger partial charge in [0.2, 0.25) is 11.8 Å². The second-order valence-electron chi connectivity index (χ2n) is 9.99. The van der Waals surface area contributed by atoms with E-state index >= 15 is 0 Å². The third kappa shape index (κ3) is 4.19. The van der Waals surface area contributed by atoms with Crippen LogP contribution in [0.15, 0.2) is 42.0 Å². The Balaban J connectivity index is 1.11. The van der Waals surface area contributed by atoms with Crippen molar-refractivity contribution in [3.63, 3.8) is 0 Å². The van der Waals surface area contributed by atoms with E-state index in [1.54, 1.807) is 4.90 Å². The number of imide groups is 1. The average molecular weight is 490 g/mol. The molecule has 0 bridgehead atoms. The van der Waals surface area contributed by atoms with Gasteiger partial charge in [-0.05, 0) is 54.2 Å². The number of nitrogens with one attached hydrogen (secondary N) is 1. The zero-order chi connectivity index (χ0) is 24.8. The van der Waals surface area contributed by atoms with Gasteiger partial charge in [0.25, 0.3) is 5.91 Å². The Hall–Kier alpha value is -3.52. The van der Waals surface area contributed by atoms with E-state index in [0.29, 0.717) is 30.9 Å². The molecule has 3 amide bonds. The Morgan fingerprint density at radius 2 is 1.78 bits per heavy atom. The summed E-state index contributed by atoms with van der Waals surface area (Å²) in [5.41, 5.74) is 6.49. The first-order valence-corrected chi connectivity index (χ1v) is 12.6. The lowest BCUT2D eigenvalue weighted by atomic mass is 9.89. The minimum atomic E-state index is -0.591. The predicted molar refractivity (Wildman–Crippen MR) is 130 cm³/mol. The molecule has 1 atom stereocenters. The van der Waals surface area contributed by atoms with E-state index in [1.807, 2.05) is 18.2 Å². The molecule has 0 radical (unpaired) electrons. The van der Waals surface area contributed by atoms with Crippen LogP contribution in [0.2, 0.25) is 0 Å². The molecule has 4 heterocycles. The molecule has 36 heavy (non-hydrogen) atoms. The van der Waals surface area contributed by atoms with Crippen LogP contribution in [0.3, 0.4) is 0 Å². The molecule has 7 nitrogen and oxygen atoms in total. The lowest BCUT2D eigenvalue weighted by Gasteiger charge is -2.31. The summed E-state index contributed by atoms with van der Waals surface area (Å²) in [5.74, 6) is -0.436. The quantitative estimate of drug-likeness (QED) is 0.669. The number of hydrogen-bond donors (Lipinski definition) is 1. The summed E-state index contributed by atoms with van der Waals surface area (Å²) in [5, 5.41) is 2.35. The fourth-order valence-electron chi connectivity index (χ4n) is 5.90. The minimum Gasteiger partial charge on any atom is -0.493 e.